The second kappa shape index (κ2) is 8.22. The number of benzene rings is 2. The number of carbonyl (C=O) groups excluding carboxylic acids is 2. The summed E-state index contributed by atoms with van der Waals surface area (Å²) in [4.78, 5) is 26.8. The molecule has 1 heterocycles. The summed E-state index contributed by atoms with van der Waals surface area (Å²) in [6, 6.07) is 6.75. The van der Waals surface area contributed by atoms with E-state index in [1.165, 1.54) is 0 Å². The minimum Gasteiger partial charge on any atom is -0.505 e. The van der Waals surface area contributed by atoms with Gasteiger partial charge in [0.15, 0.2) is 11.6 Å². The minimum absolute atomic E-state index is 0.0308. The van der Waals surface area contributed by atoms with Gasteiger partial charge in [0, 0.05) is 35.8 Å². The molecule has 0 atom stereocenters. The molecule has 30 heavy (non-hydrogen) atoms. The van der Waals surface area contributed by atoms with E-state index < -0.39 is 28.9 Å². The van der Waals surface area contributed by atoms with Gasteiger partial charge in [-0.05, 0) is 61.4 Å². The number of amides is 2. The third-order valence-electron chi connectivity index (χ3n) is 5.99. The van der Waals surface area contributed by atoms with E-state index in [0.717, 1.165) is 31.2 Å². The fourth-order valence-electron chi connectivity index (χ4n) is 4.31. The van der Waals surface area contributed by atoms with E-state index >= 15 is 0 Å². The molecular weight excluding hydrogens is 414 g/mol. The van der Waals surface area contributed by atoms with Crippen LogP contribution in [0.25, 0.3) is 0 Å². The number of carbonyl (C=O) groups is 2. The molecule has 0 bridgehead atoms. The zero-order chi connectivity index (χ0) is 21.4. The lowest BCUT2D eigenvalue weighted by Crippen LogP contribution is -2.40. The standard InChI is InChI=1S/C22H21ClF2N2O3/c23-14-3-6-16-13(7-14)11-27(22(16)30)15-4-1-12(2-5-15)10-26-21(29)17-8-19(25)20(28)9-18(17)24/h3,6-9,12,15,28H,1-2,4-5,10-11H2,(H,26,29). The number of nitrogens with zero attached hydrogens (tertiary/aromatic N) is 1. The molecule has 0 radical (unpaired) electrons. The van der Waals surface area contributed by atoms with E-state index in [1.54, 1.807) is 12.1 Å². The Morgan fingerprint density at radius 1 is 1.13 bits per heavy atom. The molecule has 0 aromatic heterocycles. The second-order valence-corrected chi connectivity index (χ2v) is 8.34. The van der Waals surface area contributed by atoms with Gasteiger partial charge < -0.3 is 15.3 Å². The van der Waals surface area contributed by atoms with Gasteiger partial charge in [0.05, 0.1) is 5.56 Å². The molecule has 5 nitrogen and oxygen atoms in total. The van der Waals surface area contributed by atoms with Crippen LogP contribution in [0, 0.1) is 17.6 Å². The number of phenols is 1. The van der Waals surface area contributed by atoms with E-state index in [0.29, 0.717) is 35.8 Å². The molecule has 2 amide bonds. The normalized spacial score (nSPS) is 20.9. The Morgan fingerprint density at radius 3 is 2.60 bits per heavy atom. The first-order valence-corrected chi connectivity index (χ1v) is 10.3. The summed E-state index contributed by atoms with van der Waals surface area (Å²) in [6.45, 7) is 0.907. The quantitative estimate of drug-likeness (QED) is 0.755. The Labute approximate surface area is 177 Å². The van der Waals surface area contributed by atoms with Crippen LogP contribution in [0.2, 0.25) is 5.02 Å². The highest BCUT2D eigenvalue weighted by molar-refractivity contribution is 6.30. The van der Waals surface area contributed by atoms with Gasteiger partial charge in [0.2, 0.25) is 0 Å². The highest BCUT2D eigenvalue weighted by Crippen LogP contribution is 2.34. The first kappa shape index (κ1) is 20.6. The number of aromatic hydroxyl groups is 1. The van der Waals surface area contributed by atoms with Crippen LogP contribution in [0.4, 0.5) is 8.78 Å². The summed E-state index contributed by atoms with van der Waals surface area (Å²) in [6.07, 6.45) is 3.27. The van der Waals surface area contributed by atoms with Crippen molar-refractivity contribution in [1.29, 1.82) is 0 Å². The van der Waals surface area contributed by atoms with Crippen molar-refractivity contribution in [2.75, 3.05) is 6.54 Å². The molecule has 158 valence electrons. The molecule has 0 spiro atoms. The number of rotatable bonds is 4. The second-order valence-electron chi connectivity index (χ2n) is 7.90. The maximum absolute atomic E-state index is 13.8. The van der Waals surface area contributed by atoms with E-state index in [2.05, 4.69) is 5.32 Å². The van der Waals surface area contributed by atoms with Gasteiger partial charge in [0.1, 0.15) is 5.82 Å². The Kier molecular flexibility index (Phi) is 5.64. The highest BCUT2D eigenvalue weighted by atomic mass is 35.5. The van der Waals surface area contributed by atoms with Crippen molar-refractivity contribution < 1.29 is 23.5 Å². The summed E-state index contributed by atoms with van der Waals surface area (Å²) in [7, 11) is 0. The van der Waals surface area contributed by atoms with Crippen molar-refractivity contribution in [3.8, 4) is 5.75 Å². The van der Waals surface area contributed by atoms with Crippen LogP contribution < -0.4 is 5.32 Å². The number of fused-ring (bicyclic) bond motifs is 1. The van der Waals surface area contributed by atoms with Crippen molar-refractivity contribution in [2.24, 2.45) is 5.92 Å². The number of hydrogen-bond acceptors (Lipinski definition) is 3. The number of phenolic OH excluding ortho intramolecular Hbond substituents is 1. The fourth-order valence-corrected chi connectivity index (χ4v) is 4.50. The predicted octanol–water partition coefficient (Wildman–Crippen LogP) is 4.27. The van der Waals surface area contributed by atoms with Gasteiger partial charge in [0.25, 0.3) is 11.8 Å². The van der Waals surface area contributed by atoms with E-state index in [1.807, 2.05) is 11.0 Å². The maximum atomic E-state index is 13.8. The molecule has 8 heteroatoms. The number of nitrogens with one attached hydrogen (secondary N) is 1. The lowest BCUT2D eigenvalue weighted by Gasteiger charge is -2.34. The lowest BCUT2D eigenvalue weighted by molar-refractivity contribution is 0.0635. The SMILES string of the molecule is O=C(NCC1CCC(N2Cc3cc(Cl)ccc3C2=O)CC1)c1cc(F)c(O)cc1F. The summed E-state index contributed by atoms with van der Waals surface area (Å²) in [5, 5.41) is 12.4. The molecule has 2 aliphatic rings. The third kappa shape index (κ3) is 3.99. The average Bonchev–Trinajstić information content (AvgIpc) is 3.05. The maximum Gasteiger partial charge on any atom is 0.254 e. The minimum atomic E-state index is -1.04. The van der Waals surface area contributed by atoms with Gasteiger partial charge in [-0.15, -0.1) is 0 Å². The topological polar surface area (TPSA) is 69.6 Å². The van der Waals surface area contributed by atoms with Gasteiger partial charge >= 0.3 is 0 Å². The smallest absolute Gasteiger partial charge is 0.254 e. The summed E-state index contributed by atoms with van der Waals surface area (Å²) in [5.41, 5.74) is 1.22. The molecule has 4 rings (SSSR count). The molecule has 1 aliphatic carbocycles. The zero-order valence-corrected chi connectivity index (χ0v) is 16.9. The van der Waals surface area contributed by atoms with Crippen LogP contribution in [0.15, 0.2) is 30.3 Å². The Balaban J connectivity index is 1.30. The number of hydrogen-bond donors (Lipinski definition) is 2. The largest absolute Gasteiger partial charge is 0.505 e. The van der Waals surface area contributed by atoms with E-state index in [4.69, 9.17) is 16.7 Å². The van der Waals surface area contributed by atoms with Crippen molar-refractivity contribution in [1.82, 2.24) is 10.2 Å². The first-order valence-electron chi connectivity index (χ1n) is 9.89. The van der Waals surface area contributed by atoms with Crippen LogP contribution in [0.5, 0.6) is 5.75 Å². The van der Waals surface area contributed by atoms with Gasteiger partial charge in [-0.2, -0.15) is 0 Å². The summed E-state index contributed by atoms with van der Waals surface area (Å²) < 4.78 is 27.2. The third-order valence-corrected chi connectivity index (χ3v) is 6.22. The molecule has 0 saturated heterocycles. The van der Waals surface area contributed by atoms with Crippen LogP contribution in [-0.2, 0) is 6.54 Å². The predicted molar refractivity (Wildman–Crippen MR) is 107 cm³/mol. The molecule has 1 saturated carbocycles. The summed E-state index contributed by atoms with van der Waals surface area (Å²) >= 11 is 6.03. The Bertz CT molecular complexity index is 1010. The van der Waals surface area contributed by atoms with Crippen molar-refractivity contribution >= 4 is 23.4 Å². The van der Waals surface area contributed by atoms with Crippen LogP contribution in [0.1, 0.15) is 52.0 Å². The lowest BCUT2D eigenvalue weighted by atomic mass is 9.85. The van der Waals surface area contributed by atoms with Crippen molar-refractivity contribution in [3.63, 3.8) is 0 Å². The molecule has 2 aromatic rings. The monoisotopic (exact) mass is 434 g/mol. The molecule has 1 aliphatic heterocycles. The molecule has 2 aromatic carbocycles. The van der Waals surface area contributed by atoms with Gasteiger partial charge in [-0.1, -0.05) is 11.6 Å². The van der Waals surface area contributed by atoms with E-state index in [9.17, 15) is 18.4 Å². The molecule has 2 N–H and O–H groups in total. The zero-order valence-electron chi connectivity index (χ0n) is 16.1. The average molecular weight is 435 g/mol. The van der Waals surface area contributed by atoms with Gasteiger partial charge in [-0.3, -0.25) is 9.59 Å². The van der Waals surface area contributed by atoms with Crippen molar-refractivity contribution in [3.05, 3.63) is 63.7 Å². The first-order chi connectivity index (χ1) is 14.3. The molecule has 1 fully saturated rings. The summed E-state index contributed by atoms with van der Waals surface area (Å²) in [5.74, 6) is -3.33. The van der Waals surface area contributed by atoms with Gasteiger partial charge in [-0.25, -0.2) is 8.78 Å². The Hall–Kier alpha value is -2.67. The number of halogens is 3. The van der Waals surface area contributed by atoms with E-state index in [-0.39, 0.29) is 17.9 Å². The highest BCUT2D eigenvalue weighted by Gasteiger charge is 2.35. The van der Waals surface area contributed by atoms with Crippen molar-refractivity contribution in [2.45, 2.75) is 38.3 Å². The molecular formula is C22H21ClF2N2O3. The van der Waals surface area contributed by atoms with Crippen LogP contribution in [0.3, 0.4) is 0 Å². The Morgan fingerprint density at radius 2 is 1.87 bits per heavy atom. The fraction of sp³-hybridized carbons (Fsp3) is 0.364. The molecule has 0 unspecified atom stereocenters. The van der Waals surface area contributed by atoms with Crippen LogP contribution in [-0.4, -0.2) is 34.4 Å². The van der Waals surface area contributed by atoms with Crippen LogP contribution >= 0.6 is 11.6 Å².